The van der Waals surface area contributed by atoms with Crippen molar-refractivity contribution in [1.82, 2.24) is 4.72 Å². The van der Waals surface area contributed by atoms with Crippen molar-refractivity contribution < 1.29 is 22.1 Å². The molecular formula is C12H15F4NOS. The summed E-state index contributed by atoms with van der Waals surface area (Å²) in [4.78, 5) is 0. The van der Waals surface area contributed by atoms with Crippen molar-refractivity contribution >= 4 is 11.4 Å². The molecule has 2 nitrogen and oxygen atoms in total. The van der Waals surface area contributed by atoms with E-state index >= 15 is 0 Å². The Morgan fingerprint density at radius 2 is 1.58 bits per heavy atom. The summed E-state index contributed by atoms with van der Waals surface area (Å²) in [7, 11) is 0. The largest absolute Gasteiger partial charge is 0.598 e. The fourth-order valence-electron chi connectivity index (χ4n) is 1.26. The molecule has 1 rings (SSSR count). The summed E-state index contributed by atoms with van der Waals surface area (Å²) in [5, 5.41) is 0. The Bertz CT molecular complexity index is 413. The molecule has 0 aliphatic heterocycles. The van der Waals surface area contributed by atoms with E-state index in [1.807, 2.05) is 0 Å². The van der Waals surface area contributed by atoms with E-state index in [-0.39, 0.29) is 5.56 Å². The maximum Gasteiger partial charge on any atom is 0.412 e. The van der Waals surface area contributed by atoms with Crippen LogP contribution in [0.15, 0.2) is 24.3 Å². The Morgan fingerprint density at radius 3 is 1.95 bits per heavy atom. The standard InChI is InChI=1S/C12H15F4NOS/c1-11(2,3)19(18)17-10(12(14,15)16)8-4-6-9(13)7-5-8/h4-7,10,17H,1-3H3/t10-,19?/m1/s1. The second-order valence-corrected chi connectivity index (χ2v) is 7.02. The van der Waals surface area contributed by atoms with E-state index in [1.165, 1.54) is 0 Å². The zero-order valence-electron chi connectivity index (χ0n) is 10.7. The van der Waals surface area contributed by atoms with Crippen LogP contribution in [0.5, 0.6) is 0 Å². The molecule has 0 aromatic heterocycles. The van der Waals surface area contributed by atoms with E-state index in [0.717, 1.165) is 24.3 Å². The zero-order chi connectivity index (χ0) is 14.8. The predicted octanol–water partition coefficient (Wildman–Crippen LogP) is 3.48. The molecule has 0 saturated carbocycles. The van der Waals surface area contributed by atoms with Gasteiger partial charge in [0.2, 0.25) is 0 Å². The number of hydrogen-bond acceptors (Lipinski definition) is 2. The number of nitrogens with one attached hydrogen (secondary N) is 1. The number of rotatable bonds is 3. The van der Waals surface area contributed by atoms with Crippen molar-refractivity contribution in [2.24, 2.45) is 0 Å². The van der Waals surface area contributed by atoms with E-state index in [2.05, 4.69) is 4.72 Å². The number of benzene rings is 1. The first-order valence-corrected chi connectivity index (χ1v) is 6.67. The molecule has 0 heterocycles. The molecule has 0 saturated heterocycles. The van der Waals surface area contributed by atoms with Crippen LogP contribution in [0.2, 0.25) is 0 Å². The molecule has 2 atom stereocenters. The van der Waals surface area contributed by atoms with Crippen LogP contribution >= 0.6 is 0 Å². The molecule has 0 aliphatic carbocycles. The van der Waals surface area contributed by atoms with E-state index < -0.39 is 34.1 Å². The molecular weight excluding hydrogens is 282 g/mol. The van der Waals surface area contributed by atoms with Crippen molar-refractivity contribution in [2.75, 3.05) is 0 Å². The smallest absolute Gasteiger partial charge is 0.412 e. The van der Waals surface area contributed by atoms with Gasteiger partial charge in [-0.1, -0.05) is 12.1 Å². The Morgan fingerprint density at radius 1 is 1.11 bits per heavy atom. The number of halogens is 4. The lowest BCUT2D eigenvalue weighted by molar-refractivity contribution is -0.153. The Balaban J connectivity index is 3.00. The Kier molecular flexibility index (Phi) is 4.86. The third-order valence-electron chi connectivity index (χ3n) is 2.31. The van der Waals surface area contributed by atoms with Crippen LogP contribution in [0.25, 0.3) is 0 Å². The van der Waals surface area contributed by atoms with Crippen LogP contribution in [-0.4, -0.2) is 15.5 Å². The van der Waals surface area contributed by atoms with Crippen LogP contribution < -0.4 is 4.72 Å². The maximum atomic E-state index is 13.0. The number of alkyl halides is 3. The third-order valence-corrected chi connectivity index (χ3v) is 3.87. The minimum atomic E-state index is -4.61. The van der Waals surface area contributed by atoms with Crippen molar-refractivity contribution in [3.05, 3.63) is 35.6 Å². The van der Waals surface area contributed by atoms with Gasteiger partial charge < -0.3 is 4.55 Å². The van der Waals surface area contributed by atoms with Gasteiger partial charge in [-0.3, -0.25) is 0 Å². The summed E-state index contributed by atoms with van der Waals surface area (Å²) in [6, 6.07) is 1.85. The second-order valence-electron chi connectivity index (χ2n) is 5.03. The van der Waals surface area contributed by atoms with Gasteiger partial charge in [0, 0.05) is 11.4 Å². The normalized spacial score (nSPS) is 16.2. The van der Waals surface area contributed by atoms with E-state index in [4.69, 9.17) is 0 Å². The van der Waals surface area contributed by atoms with Crippen molar-refractivity contribution in [3.8, 4) is 0 Å². The van der Waals surface area contributed by atoms with Gasteiger partial charge in [-0.15, -0.1) is 4.72 Å². The first-order chi connectivity index (χ1) is 8.51. The molecule has 7 heteroatoms. The molecule has 0 bridgehead atoms. The lowest BCUT2D eigenvalue weighted by atomic mass is 10.1. The second kappa shape index (κ2) is 5.68. The molecule has 1 N–H and O–H groups in total. The molecule has 0 radical (unpaired) electrons. The van der Waals surface area contributed by atoms with E-state index in [9.17, 15) is 22.1 Å². The Labute approximate surface area is 112 Å². The summed E-state index contributed by atoms with van der Waals surface area (Å²) in [6.45, 7) is 4.69. The SMILES string of the molecule is CC(C)(C)[S+]([O-])N[C@H](c1ccc(F)cc1)C(F)(F)F. The zero-order valence-corrected chi connectivity index (χ0v) is 11.5. The predicted molar refractivity (Wildman–Crippen MR) is 66.2 cm³/mol. The van der Waals surface area contributed by atoms with Gasteiger partial charge in [-0.2, -0.15) is 13.2 Å². The van der Waals surface area contributed by atoms with Gasteiger partial charge in [-0.05, 0) is 38.5 Å². The lowest BCUT2D eigenvalue weighted by Gasteiger charge is -2.29. The molecule has 0 spiro atoms. The molecule has 19 heavy (non-hydrogen) atoms. The average molecular weight is 297 g/mol. The van der Waals surface area contributed by atoms with Gasteiger partial charge in [-0.25, -0.2) is 4.39 Å². The average Bonchev–Trinajstić information content (AvgIpc) is 2.24. The summed E-state index contributed by atoms with van der Waals surface area (Å²) >= 11 is -1.88. The first-order valence-electron chi connectivity index (χ1n) is 5.52. The monoisotopic (exact) mass is 297 g/mol. The van der Waals surface area contributed by atoms with Crippen LogP contribution in [-0.2, 0) is 11.4 Å². The molecule has 0 amide bonds. The fraction of sp³-hybridized carbons (Fsp3) is 0.500. The van der Waals surface area contributed by atoms with Crippen LogP contribution in [0, 0.1) is 5.82 Å². The van der Waals surface area contributed by atoms with E-state index in [1.54, 1.807) is 20.8 Å². The van der Waals surface area contributed by atoms with Crippen LogP contribution in [0.1, 0.15) is 32.4 Å². The summed E-state index contributed by atoms with van der Waals surface area (Å²) < 4.78 is 64.6. The van der Waals surface area contributed by atoms with E-state index in [0.29, 0.717) is 0 Å². The summed E-state index contributed by atoms with van der Waals surface area (Å²) in [5.74, 6) is -0.624. The van der Waals surface area contributed by atoms with Crippen molar-refractivity contribution in [1.29, 1.82) is 0 Å². The topological polar surface area (TPSA) is 35.1 Å². The van der Waals surface area contributed by atoms with Gasteiger partial charge in [0.25, 0.3) is 0 Å². The summed E-state index contributed by atoms with van der Waals surface area (Å²) in [5.41, 5.74) is -0.175. The maximum absolute atomic E-state index is 13.0. The van der Waals surface area contributed by atoms with Crippen LogP contribution in [0.4, 0.5) is 17.6 Å². The van der Waals surface area contributed by atoms with Crippen molar-refractivity contribution in [3.63, 3.8) is 0 Å². The van der Waals surface area contributed by atoms with Crippen molar-refractivity contribution in [2.45, 2.75) is 37.7 Å². The molecule has 108 valence electrons. The quantitative estimate of drug-likeness (QED) is 0.685. The highest BCUT2D eigenvalue weighted by molar-refractivity contribution is 7.90. The molecule has 0 aliphatic rings. The first kappa shape index (κ1) is 16.3. The fourth-order valence-corrected chi connectivity index (χ4v) is 2.10. The van der Waals surface area contributed by atoms with Gasteiger partial charge in [0.15, 0.2) is 6.04 Å². The van der Waals surface area contributed by atoms with Crippen LogP contribution in [0.3, 0.4) is 0 Å². The van der Waals surface area contributed by atoms with Gasteiger partial charge >= 0.3 is 6.18 Å². The highest BCUT2D eigenvalue weighted by Crippen LogP contribution is 2.34. The highest BCUT2D eigenvalue weighted by Gasteiger charge is 2.45. The molecule has 1 unspecified atom stereocenters. The van der Waals surface area contributed by atoms with Gasteiger partial charge in [0.1, 0.15) is 10.6 Å². The lowest BCUT2D eigenvalue weighted by Crippen LogP contribution is -2.45. The number of hydrogen-bond donors (Lipinski definition) is 1. The molecule has 1 aromatic carbocycles. The molecule has 0 fully saturated rings. The minimum absolute atomic E-state index is 0.175. The molecule has 1 aromatic rings. The third kappa shape index (κ3) is 4.67. The Hall–Kier alpha value is -0.790. The van der Waals surface area contributed by atoms with Gasteiger partial charge in [0.05, 0.1) is 0 Å². The minimum Gasteiger partial charge on any atom is -0.598 e. The summed E-state index contributed by atoms with van der Waals surface area (Å²) in [6.07, 6.45) is -4.61. The highest BCUT2D eigenvalue weighted by atomic mass is 32.2.